The first-order valence-corrected chi connectivity index (χ1v) is 10.2. The molecule has 3 aromatic rings. The Morgan fingerprint density at radius 2 is 1.81 bits per heavy atom. The molecule has 1 saturated heterocycles. The zero-order chi connectivity index (χ0) is 17.9. The Hall–Kier alpha value is -1.89. The molecule has 1 amide bonds. The molecule has 0 aliphatic carbocycles. The Balaban J connectivity index is 1.33. The van der Waals surface area contributed by atoms with Crippen LogP contribution in [0.2, 0.25) is 0 Å². The number of carbonyl (C=O) groups is 1. The van der Waals surface area contributed by atoms with Crippen LogP contribution in [0.25, 0.3) is 10.4 Å². The fourth-order valence-electron chi connectivity index (χ4n) is 3.12. The monoisotopic (exact) mass is 430 g/mol. The number of rotatable bonds is 4. The third kappa shape index (κ3) is 3.92. The number of nitrogens with zero attached hydrogens (tertiary/aromatic N) is 2. The highest BCUT2D eigenvalue weighted by atomic mass is 79.9. The summed E-state index contributed by atoms with van der Waals surface area (Å²) in [7, 11) is 0. The highest BCUT2D eigenvalue weighted by Gasteiger charge is 2.23. The molecule has 1 aliphatic heterocycles. The van der Waals surface area contributed by atoms with E-state index in [9.17, 15) is 4.79 Å². The number of piperazine rings is 1. The SMILES string of the molecule is O=C(c1ccco1)N1CCN(Cc2ccc(-c3ccc(Br)cc3)s2)CC1. The second-order valence-corrected chi connectivity index (χ2v) is 8.40. The fourth-order valence-corrected chi connectivity index (χ4v) is 4.44. The molecule has 0 unspecified atom stereocenters. The molecule has 0 spiro atoms. The van der Waals surface area contributed by atoms with Crippen LogP contribution in [-0.4, -0.2) is 41.9 Å². The first-order chi connectivity index (χ1) is 12.7. The molecule has 1 aliphatic rings. The van der Waals surface area contributed by atoms with Crippen LogP contribution < -0.4 is 0 Å². The summed E-state index contributed by atoms with van der Waals surface area (Å²) in [6.45, 7) is 4.19. The van der Waals surface area contributed by atoms with E-state index in [1.165, 1.54) is 15.3 Å². The van der Waals surface area contributed by atoms with Crippen molar-refractivity contribution in [3.63, 3.8) is 0 Å². The van der Waals surface area contributed by atoms with Crippen molar-refractivity contribution in [2.75, 3.05) is 26.2 Å². The first-order valence-electron chi connectivity index (χ1n) is 8.59. The van der Waals surface area contributed by atoms with E-state index < -0.39 is 0 Å². The molecule has 1 fully saturated rings. The molecule has 0 atom stereocenters. The molecule has 0 bridgehead atoms. The van der Waals surface area contributed by atoms with E-state index in [-0.39, 0.29) is 5.91 Å². The van der Waals surface area contributed by atoms with Crippen LogP contribution >= 0.6 is 27.3 Å². The number of hydrogen-bond donors (Lipinski definition) is 0. The lowest BCUT2D eigenvalue weighted by Crippen LogP contribution is -2.48. The molecule has 0 saturated carbocycles. The summed E-state index contributed by atoms with van der Waals surface area (Å²) in [6, 6.07) is 16.3. The lowest BCUT2D eigenvalue weighted by atomic mass is 10.2. The van der Waals surface area contributed by atoms with Crippen molar-refractivity contribution in [3.8, 4) is 10.4 Å². The average molecular weight is 431 g/mol. The highest BCUT2D eigenvalue weighted by Crippen LogP contribution is 2.30. The number of benzene rings is 1. The first kappa shape index (κ1) is 17.5. The van der Waals surface area contributed by atoms with Gasteiger partial charge in [0.05, 0.1) is 6.26 Å². The Kier molecular flexibility index (Phi) is 5.24. The maximum atomic E-state index is 12.3. The number of furan rings is 1. The van der Waals surface area contributed by atoms with E-state index in [0.717, 1.165) is 37.2 Å². The predicted octanol–water partition coefficient (Wildman–Crippen LogP) is 4.73. The van der Waals surface area contributed by atoms with Crippen LogP contribution in [-0.2, 0) is 6.54 Å². The second kappa shape index (κ2) is 7.78. The van der Waals surface area contributed by atoms with Crippen LogP contribution in [0.1, 0.15) is 15.4 Å². The van der Waals surface area contributed by atoms with E-state index in [1.54, 1.807) is 18.4 Å². The summed E-state index contributed by atoms with van der Waals surface area (Å²) in [6.07, 6.45) is 1.54. The molecule has 6 heteroatoms. The molecule has 3 heterocycles. The number of halogens is 1. The van der Waals surface area contributed by atoms with Crippen molar-refractivity contribution in [2.24, 2.45) is 0 Å². The van der Waals surface area contributed by atoms with E-state index in [1.807, 2.05) is 16.2 Å². The summed E-state index contributed by atoms with van der Waals surface area (Å²) in [5.74, 6) is 0.416. The third-order valence-corrected chi connectivity index (χ3v) is 6.21. The van der Waals surface area contributed by atoms with Crippen LogP contribution in [0, 0.1) is 0 Å². The van der Waals surface area contributed by atoms with E-state index >= 15 is 0 Å². The Labute approximate surface area is 165 Å². The Bertz CT molecular complexity index is 866. The summed E-state index contributed by atoms with van der Waals surface area (Å²) >= 11 is 5.32. The fraction of sp³-hybridized carbons (Fsp3) is 0.250. The minimum atomic E-state index is -0.0108. The molecule has 4 rings (SSSR count). The largest absolute Gasteiger partial charge is 0.459 e. The second-order valence-electron chi connectivity index (χ2n) is 6.32. The van der Waals surface area contributed by atoms with Gasteiger partial charge in [-0.05, 0) is 42.0 Å². The molecule has 0 N–H and O–H groups in total. The van der Waals surface area contributed by atoms with Gasteiger partial charge in [0.15, 0.2) is 5.76 Å². The minimum absolute atomic E-state index is 0.0108. The third-order valence-electron chi connectivity index (χ3n) is 4.56. The molecule has 134 valence electrons. The van der Waals surface area contributed by atoms with Crippen molar-refractivity contribution in [1.29, 1.82) is 0 Å². The van der Waals surface area contributed by atoms with Gasteiger partial charge in [0.1, 0.15) is 0 Å². The van der Waals surface area contributed by atoms with Crippen molar-refractivity contribution in [1.82, 2.24) is 9.80 Å². The molecule has 1 aromatic carbocycles. The summed E-state index contributed by atoms with van der Waals surface area (Å²) in [5.41, 5.74) is 1.25. The smallest absolute Gasteiger partial charge is 0.289 e. The van der Waals surface area contributed by atoms with Gasteiger partial charge in [0.2, 0.25) is 0 Å². The van der Waals surface area contributed by atoms with Gasteiger partial charge in [0.25, 0.3) is 5.91 Å². The molecule has 26 heavy (non-hydrogen) atoms. The van der Waals surface area contributed by atoms with Crippen LogP contribution in [0.4, 0.5) is 0 Å². The normalized spacial score (nSPS) is 15.3. The highest BCUT2D eigenvalue weighted by molar-refractivity contribution is 9.10. The van der Waals surface area contributed by atoms with Gasteiger partial charge in [-0.3, -0.25) is 9.69 Å². The van der Waals surface area contributed by atoms with Crippen molar-refractivity contribution in [3.05, 3.63) is 69.9 Å². The average Bonchev–Trinajstić information content (AvgIpc) is 3.35. The van der Waals surface area contributed by atoms with E-state index in [4.69, 9.17) is 4.42 Å². The quantitative estimate of drug-likeness (QED) is 0.600. The Morgan fingerprint density at radius 1 is 1.04 bits per heavy atom. The molecular formula is C20H19BrN2O2S. The lowest BCUT2D eigenvalue weighted by Gasteiger charge is -2.34. The number of amides is 1. The van der Waals surface area contributed by atoms with Gasteiger partial charge in [-0.1, -0.05) is 28.1 Å². The molecule has 0 radical (unpaired) electrons. The van der Waals surface area contributed by atoms with Crippen molar-refractivity contribution < 1.29 is 9.21 Å². The number of thiophene rings is 1. The van der Waals surface area contributed by atoms with Crippen molar-refractivity contribution in [2.45, 2.75) is 6.54 Å². The van der Waals surface area contributed by atoms with Gasteiger partial charge in [-0.2, -0.15) is 0 Å². The molecular weight excluding hydrogens is 412 g/mol. The topological polar surface area (TPSA) is 36.7 Å². The molecule has 4 nitrogen and oxygen atoms in total. The number of carbonyl (C=O) groups excluding carboxylic acids is 1. The van der Waals surface area contributed by atoms with E-state index in [2.05, 4.69) is 57.2 Å². The van der Waals surface area contributed by atoms with Gasteiger partial charge in [-0.25, -0.2) is 0 Å². The maximum absolute atomic E-state index is 12.3. The summed E-state index contributed by atoms with van der Waals surface area (Å²) in [5, 5.41) is 0. The van der Waals surface area contributed by atoms with Gasteiger partial charge >= 0.3 is 0 Å². The predicted molar refractivity (Wildman–Crippen MR) is 107 cm³/mol. The zero-order valence-electron chi connectivity index (χ0n) is 14.2. The standard InChI is InChI=1S/C20H19BrN2O2S/c21-16-5-3-15(4-6-16)19-8-7-17(26-19)14-22-9-11-23(12-10-22)20(24)18-2-1-13-25-18/h1-8,13H,9-12,14H2. The summed E-state index contributed by atoms with van der Waals surface area (Å²) in [4.78, 5) is 19.2. The minimum Gasteiger partial charge on any atom is -0.459 e. The lowest BCUT2D eigenvalue weighted by molar-refractivity contribution is 0.0599. The van der Waals surface area contributed by atoms with E-state index in [0.29, 0.717) is 5.76 Å². The maximum Gasteiger partial charge on any atom is 0.289 e. The number of hydrogen-bond acceptors (Lipinski definition) is 4. The van der Waals surface area contributed by atoms with Gasteiger partial charge in [-0.15, -0.1) is 11.3 Å². The Morgan fingerprint density at radius 3 is 2.50 bits per heavy atom. The molecule has 2 aromatic heterocycles. The van der Waals surface area contributed by atoms with Crippen LogP contribution in [0.15, 0.2) is 63.7 Å². The van der Waals surface area contributed by atoms with Crippen LogP contribution in [0.3, 0.4) is 0 Å². The van der Waals surface area contributed by atoms with Gasteiger partial charge < -0.3 is 9.32 Å². The van der Waals surface area contributed by atoms with Gasteiger partial charge in [0, 0.05) is 47.0 Å². The summed E-state index contributed by atoms with van der Waals surface area (Å²) < 4.78 is 6.31. The zero-order valence-corrected chi connectivity index (χ0v) is 16.6. The van der Waals surface area contributed by atoms with Crippen molar-refractivity contribution >= 4 is 33.2 Å². The van der Waals surface area contributed by atoms with Crippen LogP contribution in [0.5, 0.6) is 0 Å².